The van der Waals surface area contributed by atoms with E-state index in [9.17, 15) is 18.0 Å². The number of methoxy groups -OCH3 is 1. The van der Waals surface area contributed by atoms with Crippen LogP contribution in [0, 0.1) is 6.92 Å². The topological polar surface area (TPSA) is 92.8 Å². The quantitative estimate of drug-likeness (QED) is 0.590. The van der Waals surface area contributed by atoms with Crippen LogP contribution in [0.2, 0.25) is 0 Å². The van der Waals surface area contributed by atoms with Crippen molar-refractivity contribution in [3.8, 4) is 0 Å². The van der Waals surface area contributed by atoms with Crippen LogP contribution in [-0.4, -0.2) is 34.5 Å². The molecule has 0 aliphatic rings. The van der Waals surface area contributed by atoms with Gasteiger partial charge in [-0.3, -0.25) is 9.10 Å². The Balaban J connectivity index is 1.88. The Morgan fingerprint density at radius 3 is 2.29 bits per heavy atom. The van der Waals surface area contributed by atoms with E-state index in [1.54, 1.807) is 55.5 Å². The molecule has 0 aliphatic heterocycles. The zero-order valence-electron chi connectivity index (χ0n) is 17.3. The first-order valence-corrected chi connectivity index (χ1v) is 10.8. The summed E-state index contributed by atoms with van der Waals surface area (Å²) in [6.07, 6.45) is 0. The molecule has 31 heavy (non-hydrogen) atoms. The van der Waals surface area contributed by atoms with E-state index in [2.05, 4.69) is 5.32 Å². The molecule has 0 fully saturated rings. The maximum Gasteiger partial charge on any atom is 0.338 e. The van der Waals surface area contributed by atoms with Crippen LogP contribution in [0.4, 0.5) is 11.4 Å². The molecule has 3 rings (SSSR count). The number of hydrogen-bond acceptors (Lipinski definition) is 5. The maximum atomic E-state index is 13.0. The van der Waals surface area contributed by atoms with E-state index in [0.717, 1.165) is 4.31 Å². The minimum absolute atomic E-state index is 0.00784. The fraction of sp³-hybridized carbons (Fsp3) is 0.130. The van der Waals surface area contributed by atoms with Crippen molar-refractivity contribution in [2.24, 2.45) is 0 Å². The molecule has 3 aromatic carbocycles. The highest BCUT2D eigenvalue weighted by Gasteiger charge is 2.22. The number of benzene rings is 3. The van der Waals surface area contributed by atoms with Crippen LogP contribution in [0.15, 0.2) is 77.7 Å². The molecule has 0 radical (unpaired) electrons. The molecule has 0 unspecified atom stereocenters. The van der Waals surface area contributed by atoms with Gasteiger partial charge in [-0.05, 0) is 55.0 Å². The van der Waals surface area contributed by atoms with E-state index in [-0.39, 0.29) is 10.5 Å². The van der Waals surface area contributed by atoms with Crippen molar-refractivity contribution in [1.82, 2.24) is 0 Å². The molecule has 1 N–H and O–H groups in total. The lowest BCUT2D eigenvalue weighted by atomic mass is 10.1. The van der Waals surface area contributed by atoms with Gasteiger partial charge >= 0.3 is 5.97 Å². The third-order valence-electron chi connectivity index (χ3n) is 4.86. The van der Waals surface area contributed by atoms with Crippen LogP contribution in [0.1, 0.15) is 26.3 Å². The highest BCUT2D eigenvalue weighted by atomic mass is 32.2. The molecule has 0 spiro atoms. The molecule has 0 saturated carbocycles. The summed E-state index contributed by atoms with van der Waals surface area (Å²) in [4.78, 5) is 24.7. The smallest absolute Gasteiger partial charge is 0.338 e. The Morgan fingerprint density at radius 2 is 1.61 bits per heavy atom. The Hall–Kier alpha value is -3.65. The van der Waals surface area contributed by atoms with E-state index in [4.69, 9.17) is 4.74 Å². The largest absolute Gasteiger partial charge is 0.465 e. The predicted octanol–water partition coefficient (Wildman–Crippen LogP) is 3.86. The molecule has 3 aromatic rings. The van der Waals surface area contributed by atoms with Gasteiger partial charge in [0.25, 0.3) is 15.9 Å². The fourth-order valence-corrected chi connectivity index (χ4v) is 4.27. The van der Waals surface area contributed by atoms with Crippen LogP contribution in [0.5, 0.6) is 0 Å². The minimum atomic E-state index is -3.86. The lowest BCUT2D eigenvalue weighted by Gasteiger charge is -2.19. The summed E-state index contributed by atoms with van der Waals surface area (Å²) in [7, 11) is -1.12. The van der Waals surface area contributed by atoms with Gasteiger partial charge in [0, 0.05) is 18.3 Å². The van der Waals surface area contributed by atoms with Gasteiger partial charge in [-0.2, -0.15) is 0 Å². The van der Waals surface area contributed by atoms with E-state index < -0.39 is 21.9 Å². The van der Waals surface area contributed by atoms with Crippen LogP contribution in [0.25, 0.3) is 0 Å². The number of hydrogen-bond donors (Lipinski definition) is 1. The van der Waals surface area contributed by atoms with Crippen molar-refractivity contribution in [2.75, 3.05) is 23.8 Å². The first-order chi connectivity index (χ1) is 14.8. The van der Waals surface area contributed by atoms with Gasteiger partial charge in [0.1, 0.15) is 0 Å². The van der Waals surface area contributed by atoms with Gasteiger partial charge in [0.05, 0.1) is 23.3 Å². The molecule has 0 heterocycles. The van der Waals surface area contributed by atoms with E-state index in [1.165, 1.54) is 38.4 Å². The monoisotopic (exact) mass is 438 g/mol. The van der Waals surface area contributed by atoms with Gasteiger partial charge in [-0.1, -0.05) is 30.3 Å². The minimum Gasteiger partial charge on any atom is -0.465 e. The number of ether oxygens (including phenoxy) is 1. The first kappa shape index (κ1) is 22.0. The van der Waals surface area contributed by atoms with E-state index in [0.29, 0.717) is 22.5 Å². The van der Waals surface area contributed by atoms with Crippen molar-refractivity contribution in [1.29, 1.82) is 0 Å². The molecular weight excluding hydrogens is 416 g/mol. The normalized spacial score (nSPS) is 10.9. The molecule has 160 valence electrons. The number of carbonyl (C=O) groups excluding carboxylic acids is 2. The van der Waals surface area contributed by atoms with Gasteiger partial charge in [0.2, 0.25) is 0 Å². The highest BCUT2D eigenvalue weighted by Crippen LogP contribution is 2.24. The van der Waals surface area contributed by atoms with Crippen LogP contribution < -0.4 is 9.62 Å². The molecule has 0 saturated heterocycles. The molecule has 7 nitrogen and oxygen atoms in total. The lowest BCUT2D eigenvalue weighted by molar-refractivity contribution is 0.0599. The van der Waals surface area contributed by atoms with Gasteiger partial charge in [-0.25, -0.2) is 13.2 Å². The number of rotatable bonds is 6. The third kappa shape index (κ3) is 4.59. The Labute approximate surface area is 181 Å². The number of carbonyl (C=O) groups is 2. The van der Waals surface area contributed by atoms with E-state index in [1.807, 2.05) is 0 Å². The number of sulfonamides is 1. The second-order valence-electron chi connectivity index (χ2n) is 6.76. The van der Waals surface area contributed by atoms with E-state index >= 15 is 0 Å². The number of nitrogens with zero attached hydrogens (tertiary/aromatic N) is 1. The van der Waals surface area contributed by atoms with Crippen LogP contribution >= 0.6 is 0 Å². The summed E-state index contributed by atoms with van der Waals surface area (Å²) in [5.74, 6) is -1.00. The lowest BCUT2D eigenvalue weighted by Crippen LogP contribution is -2.26. The van der Waals surface area contributed by atoms with Crippen molar-refractivity contribution in [3.05, 3.63) is 89.5 Å². The summed E-state index contributed by atoms with van der Waals surface area (Å²) in [5.41, 5.74) is 2.00. The number of esters is 1. The Kier molecular flexibility index (Phi) is 6.41. The van der Waals surface area contributed by atoms with Gasteiger partial charge < -0.3 is 10.1 Å². The number of para-hydroxylation sites is 1. The standard InChI is InChI=1S/C23H22N2O5S/c1-16-20(23(27)30-3)13-8-14-21(16)24-22(26)17-9-7-12-19(15-17)31(28,29)25(2)18-10-5-4-6-11-18/h4-15H,1-3H3,(H,24,26). The molecule has 1 amide bonds. The van der Waals surface area contributed by atoms with Gasteiger partial charge in [0.15, 0.2) is 0 Å². The average molecular weight is 439 g/mol. The molecule has 0 atom stereocenters. The third-order valence-corrected chi connectivity index (χ3v) is 6.64. The molecule has 8 heteroatoms. The zero-order valence-corrected chi connectivity index (χ0v) is 18.1. The van der Waals surface area contributed by atoms with Crippen LogP contribution in [0.3, 0.4) is 0 Å². The zero-order chi connectivity index (χ0) is 22.6. The SMILES string of the molecule is COC(=O)c1cccc(NC(=O)c2cccc(S(=O)(=O)N(C)c3ccccc3)c2)c1C. The van der Waals surface area contributed by atoms with Crippen molar-refractivity contribution in [3.63, 3.8) is 0 Å². The molecule has 0 bridgehead atoms. The predicted molar refractivity (Wildman–Crippen MR) is 119 cm³/mol. The average Bonchev–Trinajstić information content (AvgIpc) is 2.80. The number of amides is 1. The highest BCUT2D eigenvalue weighted by molar-refractivity contribution is 7.92. The van der Waals surface area contributed by atoms with Gasteiger partial charge in [-0.15, -0.1) is 0 Å². The molecule has 0 aliphatic carbocycles. The van der Waals surface area contributed by atoms with Crippen LogP contribution in [-0.2, 0) is 14.8 Å². The number of anilines is 2. The second kappa shape index (κ2) is 9.01. The summed E-state index contributed by atoms with van der Waals surface area (Å²) >= 11 is 0. The first-order valence-electron chi connectivity index (χ1n) is 9.39. The summed E-state index contributed by atoms with van der Waals surface area (Å²) in [6, 6.07) is 19.3. The fourth-order valence-electron chi connectivity index (χ4n) is 3.03. The summed E-state index contributed by atoms with van der Waals surface area (Å²) < 4.78 is 31.9. The summed E-state index contributed by atoms with van der Waals surface area (Å²) in [6.45, 7) is 1.69. The van der Waals surface area contributed by atoms with Crippen molar-refractivity contribution >= 4 is 33.3 Å². The second-order valence-corrected chi connectivity index (χ2v) is 8.73. The van der Waals surface area contributed by atoms with Crippen molar-refractivity contribution < 1.29 is 22.7 Å². The molecule has 0 aromatic heterocycles. The number of nitrogens with one attached hydrogen (secondary N) is 1. The Bertz CT molecular complexity index is 1220. The molecular formula is C23H22N2O5S. The maximum absolute atomic E-state index is 13.0. The van der Waals surface area contributed by atoms with Crippen molar-refractivity contribution in [2.45, 2.75) is 11.8 Å². The Morgan fingerprint density at radius 1 is 0.935 bits per heavy atom. The summed E-state index contributed by atoms with van der Waals surface area (Å²) in [5, 5.41) is 2.73.